The number of carbonyl (C=O) groups is 1. The zero-order valence-electron chi connectivity index (χ0n) is 12.7. The maximum atomic E-state index is 12.9. The van der Waals surface area contributed by atoms with Gasteiger partial charge in [0.05, 0.1) is 10.8 Å². The molecule has 0 amide bonds. The van der Waals surface area contributed by atoms with Gasteiger partial charge < -0.3 is 0 Å². The molecule has 0 radical (unpaired) electrons. The average molecular weight is 301 g/mol. The van der Waals surface area contributed by atoms with Crippen LogP contribution < -0.4 is 0 Å². The van der Waals surface area contributed by atoms with E-state index in [1.807, 2.05) is 25.1 Å². The molecule has 0 aromatic carbocycles. The minimum Gasteiger partial charge on any atom is -0.298 e. The first-order chi connectivity index (χ1) is 10.1. The van der Waals surface area contributed by atoms with Gasteiger partial charge in [-0.05, 0) is 75.3 Å². The molecule has 2 nitrogen and oxygen atoms in total. The van der Waals surface area contributed by atoms with Crippen molar-refractivity contribution in [1.82, 2.24) is 4.98 Å². The van der Waals surface area contributed by atoms with Gasteiger partial charge in [-0.15, -0.1) is 0 Å². The number of Topliss-reactive ketones (excluding diaryl/α,β-unsaturated/α-hetero) is 1. The number of hydrogen-bond donors (Lipinski definition) is 0. The Bertz CT molecular complexity index is 533. The van der Waals surface area contributed by atoms with Crippen LogP contribution in [0, 0.1) is 30.1 Å². The highest BCUT2D eigenvalue weighted by atomic mass is 32.2. The first-order valence-corrected chi connectivity index (χ1v) is 9.21. The Morgan fingerprint density at radius 3 is 2.38 bits per heavy atom. The number of aryl methyl sites for hydroxylation is 1. The molecule has 1 heterocycles. The van der Waals surface area contributed by atoms with E-state index in [1.54, 1.807) is 11.8 Å². The van der Waals surface area contributed by atoms with Gasteiger partial charge in [-0.1, -0.05) is 17.8 Å². The third kappa shape index (κ3) is 2.54. The van der Waals surface area contributed by atoms with Gasteiger partial charge in [0, 0.05) is 11.1 Å². The second-order valence-corrected chi connectivity index (χ2v) is 8.52. The fourth-order valence-electron chi connectivity index (χ4n) is 5.34. The highest BCUT2D eigenvalue weighted by molar-refractivity contribution is 7.99. The molecule has 4 aliphatic rings. The summed E-state index contributed by atoms with van der Waals surface area (Å²) in [7, 11) is 0. The number of aromatic nitrogens is 1. The topological polar surface area (TPSA) is 30.0 Å². The maximum absolute atomic E-state index is 12.9. The summed E-state index contributed by atoms with van der Waals surface area (Å²) in [4.78, 5) is 17.4. The van der Waals surface area contributed by atoms with Crippen LogP contribution >= 0.6 is 11.8 Å². The zero-order valence-corrected chi connectivity index (χ0v) is 13.5. The standard InChI is InChI=1S/C18H23NOS/c1-12-3-2-4-17(19-12)21-11-16(20)18-8-13-5-14(9-18)7-15(6-13)10-18/h2-4,13-15H,5-11H2,1H3. The van der Waals surface area contributed by atoms with Crippen LogP contribution in [0.4, 0.5) is 0 Å². The molecular weight excluding hydrogens is 278 g/mol. The molecule has 4 fully saturated rings. The Labute approximate surface area is 131 Å². The lowest BCUT2D eigenvalue weighted by molar-refractivity contribution is -0.141. The molecule has 0 atom stereocenters. The molecular formula is C18H23NOS. The normalized spacial score (nSPS) is 36.9. The Morgan fingerprint density at radius 1 is 1.19 bits per heavy atom. The molecule has 4 saturated carbocycles. The predicted molar refractivity (Wildman–Crippen MR) is 85.3 cm³/mol. The van der Waals surface area contributed by atoms with Crippen LogP contribution in [0.3, 0.4) is 0 Å². The quantitative estimate of drug-likeness (QED) is 0.778. The molecule has 3 heteroatoms. The lowest BCUT2D eigenvalue weighted by atomic mass is 9.48. The molecule has 1 aromatic heterocycles. The van der Waals surface area contributed by atoms with Crippen LogP contribution in [0.5, 0.6) is 0 Å². The minimum atomic E-state index is 0.0472. The molecule has 0 aliphatic heterocycles. The molecule has 0 unspecified atom stereocenters. The second kappa shape index (κ2) is 5.12. The van der Waals surface area contributed by atoms with E-state index in [1.165, 1.54) is 38.5 Å². The lowest BCUT2D eigenvalue weighted by Crippen LogP contribution is -2.50. The van der Waals surface area contributed by atoms with Gasteiger partial charge in [-0.3, -0.25) is 4.79 Å². The monoisotopic (exact) mass is 301 g/mol. The lowest BCUT2D eigenvalue weighted by Gasteiger charge is -2.56. The maximum Gasteiger partial charge on any atom is 0.149 e. The summed E-state index contributed by atoms with van der Waals surface area (Å²) < 4.78 is 0. The number of thioether (sulfide) groups is 1. The van der Waals surface area contributed by atoms with Crippen molar-refractivity contribution in [2.24, 2.45) is 23.2 Å². The van der Waals surface area contributed by atoms with Gasteiger partial charge >= 0.3 is 0 Å². The second-order valence-electron chi connectivity index (χ2n) is 7.53. The molecule has 1 aromatic rings. The largest absolute Gasteiger partial charge is 0.298 e. The van der Waals surface area contributed by atoms with Gasteiger partial charge in [0.2, 0.25) is 0 Å². The van der Waals surface area contributed by atoms with Gasteiger partial charge in [0.25, 0.3) is 0 Å². The highest BCUT2D eigenvalue weighted by Gasteiger charge is 2.53. The summed E-state index contributed by atoms with van der Waals surface area (Å²) in [5, 5.41) is 0.994. The Morgan fingerprint density at radius 2 is 1.81 bits per heavy atom. The van der Waals surface area contributed by atoms with E-state index in [-0.39, 0.29) is 5.41 Å². The zero-order chi connectivity index (χ0) is 14.4. The van der Waals surface area contributed by atoms with Crippen molar-refractivity contribution >= 4 is 17.5 Å². The van der Waals surface area contributed by atoms with E-state index in [0.29, 0.717) is 11.5 Å². The smallest absolute Gasteiger partial charge is 0.149 e. The summed E-state index contributed by atoms with van der Waals surface area (Å²) in [6, 6.07) is 6.05. The van der Waals surface area contributed by atoms with Gasteiger partial charge in [0.1, 0.15) is 5.78 Å². The fourth-order valence-corrected chi connectivity index (χ4v) is 6.31. The number of pyridine rings is 1. The first-order valence-electron chi connectivity index (χ1n) is 8.23. The van der Waals surface area contributed by atoms with Crippen molar-refractivity contribution in [3.05, 3.63) is 23.9 Å². The highest BCUT2D eigenvalue weighted by Crippen LogP contribution is 2.60. The SMILES string of the molecule is Cc1cccc(SCC(=O)C23CC4CC(CC(C4)C2)C3)n1. The van der Waals surface area contributed by atoms with Crippen molar-refractivity contribution in [3.63, 3.8) is 0 Å². The first kappa shape index (κ1) is 13.8. The van der Waals surface area contributed by atoms with Crippen LogP contribution in [-0.4, -0.2) is 16.5 Å². The van der Waals surface area contributed by atoms with E-state index >= 15 is 0 Å². The Kier molecular flexibility index (Phi) is 3.36. The fraction of sp³-hybridized carbons (Fsp3) is 0.667. The van der Waals surface area contributed by atoms with Gasteiger partial charge in [-0.2, -0.15) is 0 Å². The van der Waals surface area contributed by atoms with Crippen LogP contribution in [0.15, 0.2) is 23.2 Å². The van der Waals surface area contributed by atoms with Gasteiger partial charge in [-0.25, -0.2) is 4.98 Å². The molecule has 0 spiro atoms. The molecule has 0 N–H and O–H groups in total. The molecule has 4 aliphatic carbocycles. The van der Waals surface area contributed by atoms with Gasteiger partial charge in [0.15, 0.2) is 0 Å². The Hall–Kier alpha value is -0.830. The predicted octanol–water partition coefficient (Wildman–Crippen LogP) is 4.27. The van der Waals surface area contributed by atoms with Crippen LogP contribution in [-0.2, 0) is 4.79 Å². The number of rotatable bonds is 4. The summed E-state index contributed by atoms with van der Waals surface area (Å²) in [5.74, 6) is 3.67. The van der Waals surface area contributed by atoms with Crippen molar-refractivity contribution in [3.8, 4) is 0 Å². The van der Waals surface area contributed by atoms with E-state index in [0.717, 1.165) is 28.5 Å². The van der Waals surface area contributed by atoms with E-state index in [4.69, 9.17) is 0 Å². The molecule has 4 bridgehead atoms. The summed E-state index contributed by atoms with van der Waals surface area (Å²) in [6.45, 7) is 2.00. The molecule has 112 valence electrons. The van der Waals surface area contributed by atoms with Crippen LogP contribution in [0.2, 0.25) is 0 Å². The van der Waals surface area contributed by atoms with E-state index < -0.39 is 0 Å². The van der Waals surface area contributed by atoms with E-state index in [2.05, 4.69) is 4.98 Å². The average Bonchev–Trinajstić information content (AvgIpc) is 2.43. The number of carbonyl (C=O) groups excluding carboxylic acids is 1. The molecule has 5 rings (SSSR count). The third-order valence-electron chi connectivity index (χ3n) is 5.84. The summed E-state index contributed by atoms with van der Waals surface area (Å²) >= 11 is 1.63. The van der Waals surface area contributed by atoms with Crippen molar-refractivity contribution in [2.75, 3.05) is 5.75 Å². The van der Waals surface area contributed by atoms with Crippen LogP contribution in [0.1, 0.15) is 44.2 Å². The molecule has 21 heavy (non-hydrogen) atoms. The third-order valence-corrected chi connectivity index (χ3v) is 6.77. The summed E-state index contributed by atoms with van der Waals surface area (Å²) in [6.07, 6.45) is 7.75. The number of nitrogens with zero attached hydrogens (tertiary/aromatic N) is 1. The Balaban J connectivity index is 1.45. The van der Waals surface area contributed by atoms with Crippen molar-refractivity contribution in [2.45, 2.75) is 50.5 Å². The van der Waals surface area contributed by atoms with Crippen molar-refractivity contribution in [1.29, 1.82) is 0 Å². The molecule has 0 saturated heterocycles. The van der Waals surface area contributed by atoms with E-state index in [9.17, 15) is 4.79 Å². The number of ketones is 1. The minimum absolute atomic E-state index is 0.0472. The summed E-state index contributed by atoms with van der Waals surface area (Å²) in [5.41, 5.74) is 1.08. The van der Waals surface area contributed by atoms with Crippen LogP contribution in [0.25, 0.3) is 0 Å². The van der Waals surface area contributed by atoms with Crippen molar-refractivity contribution < 1.29 is 4.79 Å². The number of hydrogen-bond acceptors (Lipinski definition) is 3.